The molecule has 3 aliphatic rings. The van der Waals surface area contributed by atoms with Crippen LogP contribution in [0.3, 0.4) is 0 Å². The van der Waals surface area contributed by atoms with Crippen molar-refractivity contribution in [3.8, 4) is 23.0 Å². The topological polar surface area (TPSA) is 40.2 Å². The highest BCUT2D eigenvalue weighted by atomic mass is 16.7. The van der Waals surface area contributed by atoms with E-state index in [1.54, 1.807) is 14.2 Å². The lowest BCUT2D eigenvalue weighted by Crippen LogP contribution is -2.39. The van der Waals surface area contributed by atoms with E-state index in [9.17, 15) is 0 Å². The molecule has 0 saturated carbocycles. The molecule has 0 spiro atoms. The maximum Gasteiger partial charge on any atom is 0.231 e. The Kier molecular flexibility index (Phi) is 4.72. The van der Waals surface area contributed by atoms with Gasteiger partial charge in [0.25, 0.3) is 0 Å². The van der Waals surface area contributed by atoms with Crippen LogP contribution in [0, 0.1) is 0 Å². The fourth-order valence-electron chi connectivity index (χ4n) is 5.66. The van der Waals surface area contributed by atoms with E-state index in [1.165, 1.54) is 27.8 Å². The number of rotatable bonds is 4. The van der Waals surface area contributed by atoms with E-state index < -0.39 is 0 Å². The van der Waals surface area contributed by atoms with Crippen molar-refractivity contribution in [3.63, 3.8) is 0 Å². The van der Waals surface area contributed by atoms with Crippen molar-refractivity contribution < 1.29 is 18.9 Å². The fraction of sp³-hybridized carbons (Fsp3) is 0.333. The number of aryl methyl sites for hydroxylation is 1. The number of methoxy groups -OCH3 is 2. The molecule has 164 valence electrons. The number of benzene rings is 3. The highest BCUT2D eigenvalue weighted by Gasteiger charge is 2.41. The molecule has 5 heteroatoms. The molecule has 0 fully saturated rings. The zero-order valence-corrected chi connectivity index (χ0v) is 18.5. The second-order valence-electron chi connectivity index (χ2n) is 8.79. The van der Waals surface area contributed by atoms with Gasteiger partial charge in [-0.05, 0) is 64.9 Å². The molecule has 2 aliphatic heterocycles. The van der Waals surface area contributed by atoms with Crippen LogP contribution >= 0.6 is 0 Å². The predicted octanol–water partition coefficient (Wildman–Crippen LogP) is 5.22. The van der Waals surface area contributed by atoms with Crippen LogP contribution in [0.15, 0.2) is 54.6 Å². The molecule has 2 atom stereocenters. The number of fused-ring (bicyclic) bond motifs is 6. The van der Waals surface area contributed by atoms with Crippen molar-refractivity contribution >= 4 is 0 Å². The van der Waals surface area contributed by atoms with Gasteiger partial charge in [0, 0.05) is 25.0 Å². The van der Waals surface area contributed by atoms with E-state index >= 15 is 0 Å². The number of nitrogens with zero attached hydrogens (tertiary/aromatic N) is 1. The van der Waals surface area contributed by atoms with E-state index in [2.05, 4.69) is 59.5 Å². The molecule has 5 nitrogen and oxygen atoms in total. The third kappa shape index (κ3) is 3.11. The van der Waals surface area contributed by atoms with E-state index in [0.29, 0.717) is 12.7 Å². The number of ether oxygens (including phenoxy) is 4. The van der Waals surface area contributed by atoms with Crippen LogP contribution < -0.4 is 18.9 Å². The first-order valence-corrected chi connectivity index (χ1v) is 11.2. The molecule has 0 unspecified atom stereocenters. The Labute approximate surface area is 188 Å². The summed E-state index contributed by atoms with van der Waals surface area (Å²) in [5, 5.41) is 0. The molecule has 0 radical (unpaired) electrons. The summed E-state index contributed by atoms with van der Waals surface area (Å²) >= 11 is 0. The van der Waals surface area contributed by atoms with Gasteiger partial charge in [-0.1, -0.05) is 30.3 Å². The molecular formula is C27H27NO4. The molecule has 1 aliphatic carbocycles. The van der Waals surface area contributed by atoms with Crippen LogP contribution in [0.25, 0.3) is 0 Å². The maximum absolute atomic E-state index is 5.73. The number of hydrogen-bond donors (Lipinski definition) is 0. The van der Waals surface area contributed by atoms with Crippen molar-refractivity contribution in [1.29, 1.82) is 0 Å². The maximum atomic E-state index is 5.73. The van der Waals surface area contributed by atoms with Crippen molar-refractivity contribution in [2.75, 3.05) is 21.0 Å². The molecule has 0 amide bonds. The van der Waals surface area contributed by atoms with E-state index in [0.717, 1.165) is 48.9 Å². The third-order valence-corrected chi connectivity index (χ3v) is 7.10. The summed E-state index contributed by atoms with van der Waals surface area (Å²) in [7, 11) is 3.42. The molecule has 0 saturated heterocycles. The minimum atomic E-state index is 0.270. The first-order valence-electron chi connectivity index (χ1n) is 11.2. The Balaban J connectivity index is 1.48. The van der Waals surface area contributed by atoms with Gasteiger partial charge in [0.1, 0.15) is 0 Å². The third-order valence-electron chi connectivity index (χ3n) is 7.10. The molecule has 2 heterocycles. The monoisotopic (exact) mass is 429 g/mol. The first kappa shape index (κ1) is 19.5. The van der Waals surface area contributed by atoms with Crippen LogP contribution in [0.1, 0.15) is 46.2 Å². The second kappa shape index (κ2) is 7.75. The SMILES string of the molecule is COc1cc2c(cc1OC)[C@H]1[C@@H](CC2)c2cc3c(cc2CN1Cc1ccccc1)OCO3. The van der Waals surface area contributed by atoms with Gasteiger partial charge in [-0.15, -0.1) is 0 Å². The first-order chi connectivity index (χ1) is 15.7. The van der Waals surface area contributed by atoms with Crippen LogP contribution in [0.5, 0.6) is 23.0 Å². The van der Waals surface area contributed by atoms with Crippen molar-refractivity contribution in [3.05, 3.63) is 82.4 Å². The summed E-state index contributed by atoms with van der Waals surface area (Å²) in [5.74, 6) is 3.73. The van der Waals surface area contributed by atoms with Gasteiger partial charge < -0.3 is 18.9 Å². The molecule has 32 heavy (non-hydrogen) atoms. The van der Waals surface area contributed by atoms with Gasteiger partial charge in [-0.25, -0.2) is 0 Å². The highest BCUT2D eigenvalue weighted by molar-refractivity contribution is 5.55. The second-order valence-corrected chi connectivity index (χ2v) is 8.79. The average Bonchev–Trinajstić information content (AvgIpc) is 3.29. The Bertz CT molecular complexity index is 1160. The zero-order chi connectivity index (χ0) is 21.7. The molecule has 0 aromatic heterocycles. The molecule has 0 N–H and O–H groups in total. The zero-order valence-electron chi connectivity index (χ0n) is 18.5. The van der Waals surface area contributed by atoms with Gasteiger partial charge in [-0.3, -0.25) is 4.90 Å². The summed E-state index contributed by atoms with van der Waals surface area (Å²) in [4.78, 5) is 2.61. The summed E-state index contributed by atoms with van der Waals surface area (Å²) in [6, 6.07) is 19.8. The van der Waals surface area contributed by atoms with Gasteiger partial charge in [0.15, 0.2) is 23.0 Å². The van der Waals surface area contributed by atoms with E-state index in [4.69, 9.17) is 18.9 Å². The summed E-state index contributed by atoms with van der Waals surface area (Å²) < 4.78 is 22.7. The van der Waals surface area contributed by atoms with Crippen molar-refractivity contribution in [2.24, 2.45) is 0 Å². The molecule has 6 rings (SSSR count). The van der Waals surface area contributed by atoms with E-state index in [-0.39, 0.29) is 6.04 Å². The fourth-order valence-corrected chi connectivity index (χ4v) is 5.66. The molecule has 3 aromatic rings. The highest BCUT2D eigenvalue weighted by Crippen LogP contribution is 2.53. The minimum Gasteiger partial charge on any atom is -0.493 e. The largest absolute Gasteiger partial charge is 0.493 e. The summed E-state index contributed by atoms with van der Waals surface area (Å²) in [6.45, 7) is 2.07. The quantitative estimate of drug-likeness (QED) is 0.569. The number of hydrogen-bond acceptors (Lipinski definition) is 5. The summed E-state index contributed by atoms with van der Waals surface area (Å²) in [6.07, 6.45) is 2.11. The van der Waals surface area contributed by atoms with Crippen molar-refractivity contribution in [2.45, 2.75) is 37.9 Å². The normalized spacial score (nSPS) is 20.8. The van der Waals surface area contributed by atoms with Crippen LogP contribution in [0.2, 0.25) is 0 Å². The molecular weight excluding hydrogens is 402 g/mol. The Morgan fingerprint density at radius 2 is 1.62 bits per heavy atom. The smallest absolute Gasteiger partial charge is 0.231 e. The lowest BCUT2D eigenvalue weighted by atomic mass is 9.71. The Morgan fingerprint density at radius 3 is 2.41 bits per heavy atom. The summed E-state index contributed by atoms with van der Waals surface area (Å²) in [5.41, 5.74) is 6.76. The van der Waals surface area contributed by atoms with Crippen molar-refractivity contribution in [1.82, 2.24) is 4.90 Å². The van der Waals surface area contributed by atoms with Gasteiger partial charge in [-0.2, -0.15) is 0 Å². The average molecular weight is 430 g/mol. The molecule has 3 aromatic carbocycles. The van der Waals surface area contributed by atoms with Crippen LogP contribution in [-0.2, 0) is 19.5 Å². The predicted molar refractivity (Wildman–Crippen MR) is 122 cm³/mol. The minimum absolute atomic E-state index is 0.270. The van der Waals surface area contributed by atoms with Crippen LogP contribution in [-0.4, -0.2) is 25.9 Å². The molecule has 0 bridgehead atoms. The van der Waals surface area contributed by atoms with Gasteiger partial charge in [0.2, 0.25) is 6.79 Å². The lowest BCUT2D eigenvalue weighted by Gasteiger charge is -2.46. The Hall–Kier alpha value is -3.18. The van der Waals surface area contributed by atoms with Gasteiger partial charge >= 0.3 is 0 Å². The van der Waals surface area contributed by atoms with Crippen LogP contribution in [0.4, 0.5) is 0 Å². The standard InChI is InChI=1S/C27H27NO4/c1-29-23-10-18-8-9-20-21-12-26-25(31-16-32-26)11-19(21)15-28(14-17-6-4-3-5-7-17)27(20)22(18)13-24(23)30-2/h3-7,10-13,20,27H,8-9,14-16H2,1-2H3/t20-,27+/m0/s1. The van der Waals surface area contributed by atoms with E-state index in [1.807, 2.05) is 0 Å². The Morgan fingerprint density at radius 1 is 0.875 bits per heavy atom. The lowest BCUT2D eigenvalue weighted by molar-refractivity contribution is 0.124. The van der Waals surface area contributed by atoms with Gasteiger partial charge in [0.05, 0.1) is 14.2 Å².